The van der Waals surface area contributed by atoms with Gasteiger partial charge < -0.3 is 10.5 Å². The van der Waals surface area contributed by atoms with Crippen molar-refractivity contribution in [3.05, 3.63) is 39.4 Å². The van der Waals surface area contributed by atoms with E-state index in [1.165, 1.54) is 12.1 Å². The van der Waals surface area contributed by atoms with Crippen molar-refractivity contribution in [3.8, 4) is 11.6 Å². The molecule has 0 unspecified atom stereocenters. The van der Waals surface area contributed by atoms with Gasteiger partial charge in [-0.15, -0.1) is 11.3 Å². The third-order valence-electron chi connectivity index (χ3n) is 2.87. The van der Waals surface area contributed by atoms with Crippen molar-refractivity contribution < 1.29 is 9.13 Å². The van der Waals surface area contributed by atoms with Gasteiger partial charge >= 0.3 is 0 Å². The molecule has 108 valence electrons. The number of benzene rings is 1. The van der Waals surface area contributed by atoms with Gasteiger partial charge in [0.2, 0.25) is 11.8 Å². The topological polar surface area (TPSA) is 61.0 Å². The van der Waals surface area contributed by atoms with E-state index in [4.69, 9.17) is 10.5 Å². The average molecular weight is 368 g/mol. The van der Waals surface area contributed by atoms with Crippen LogP contribution >= 0.6 is 27.3 Å². The molecule has 3 aromatic rings. The highest BCUT2D eigenvalue weighted by Crippen LogP contribution is 2.36. The lowest BCUT2D eigenvalue weighted by atomic mass is 10.3. The average Bonchev–Trinajstić information content (AvgIpc) is 2.86. The number of hydrogen-bond acceptors (Lipinski definition) is 5. The summed E-state index contributed by atoms with van der Waals surface area (Å²) in [5, 5.41) is 0.780. The number of anilines is 1. The van der Waals surface area contributed by atoms with Crippen molar-refractivity contribution in [2.45, 2.75) is 13.3 Å². The summed E-state index contributed by atoms with van der Waals surface area (Å²) in [7, 11) is 0. The Kier molecular flexibility index (Phi) is 3.77. The SMILES string of the molecule is CCc1cc2c(Oc3cc(F)ccc3Br)nc(N)nc2s1. The fourth-order valence-corrected chi connectivity index (χ4v) is 3.16. The molecule has 4 nitrogen and oxygen atoms in total. The normalized spacial score (nSPS) is 11.0. The number of nitrogens with two attached hydrogens (primary N) is 1. The van der Waals surface area contributed by atoms with Gasteiger partial charge in [-0.05, 0) is 40.5 Å². The van der Waals surface area contributed by atoms with Crippen LogP contribution in [0.25, 0.3) is 10.2 Å². The largest absolute Gasteiger partial charge is 0.437 e. The zero-order valence-electron chi connectivity index (χ0n) is 11.1. The second-order valence-electron chi connectivity index (χ2n) is 4.35. The molecule has 1 aromatic carbocycles. The molecule has 3 rings (SSSR count). The molecular weight excluding hydrogens is 357 g/mol. The molecule has 0 bridgehead atoms. The molecule has 0 aliphatic heterocycles. The Bertz CT molecular complexity index is 821. The molecule has 21 heavy (non-hydrogen) atoms. The summed E-state index contributed by atoms with van der Waals surface area (Å²) >= 11 is 4.87. The number of aromatic nitrogens is 2. The second-order valence-corrected chi connectivity index (χ2v) is 6.32. The Hall–Kier alpha value is -1.73. The smallest absolute Gasteiger partial charge is 0.232 e. The number of rotatable bonds is 3. The zero-order valence-corrected chi connectivity index (χ0v) is 13.5. The van der Waals surface area contributed by atoms with Crippen molar-refractivity contribution in [3.63, 3.8) is 0 Å². The lowest BCUT2D eigenvalue weighted by Crippen LogP contribution is -1.97. The molecule has 0 radical (unpaired) electrons. The Morgan fingerprint density at radius 2 is 2.14 bits per heavy atom. The number of aryl methyl sites for hydroxylation is 1. The molecule has 0 fully saturated rings. The van der Waals surface area contributed by atoms with E-state index in [0.717, 1.165) is 21.5 Å². The summed E-state index contributed by atoms with van der Waals surface area (Å²) in [6.45, 7) is 2.06. The monoisotopic (exact) mass is 367 g/mol. The van der Waals surface area contributed by atoms with Crippen molar-refractivity contribution in [2.75, 3.05) is 5.73 Å². The molecule has 7 heteroatoms. The van der Waals surface area contributed by atoms with Gasteiger partial charge in [-0.2, -0.15) is 4.98 Å². The van der Waals surface area contributed by atoms with Crippen LogP contribution in [0.2, 0.25) is 0 Å². The van der Waals surface area contributed by atoms with Crippen molar-refractivity contribution in [1.82, 2.24) is 9.97 Å². The quantitative estimate of drug-likeness (QED) is 0.738. The van der Waals surface area contributed by atoms with Gasteiger partial charge in [0.15, 0.2) is 0 Å². The molecule has 2 heterocycles. The van der Waals surface area contributed by atoms with Gasteiger partial charge in [0.25, 0.3) is 0 Å². The minimum absolute atomic E-state index is 0.134. The molecule has 2 aromatic heterocycles. The molecule has 0 atom stereocenters. The predicted octanol–water partition coefficient (Wildman–Crippen LogP) is 4.53. The summed E-state index contributed by atoms with van der Waals surface area (Å²) in [5.41, 5.74) is 5.72. The van der Waals surface area contributed by atoms with Gasteiger partial charge in [-0.3, -0.25) is 0 Å². The van der Waals surface area contributed by atoms with E-state index in [2.05, 4.69) is 32.8 Å². The maximum absolute atomic E-state index is 13.3. The van der Waals surface area contributed by atoms with Crippen LogP contribution in [0.5, 0.6) is 11.6 Å². The van der Waals surface area contributed by atoms with Crippen LogP contribution in [0, 0.1) is 5.82 Å². The first kappa shape index (κ1) is 14.2. The summed E-state index contributed by atoms with van der Waals surface area (Å²) in [5.74, 6) is 0.430. The van der Waals surface area contributed by atoms with Crippen LogP contribution in [-0.2, 0) is 6.42 Å². The van der Waals surface area contributed by atoms with Crippen LogP contribution in [0.3, 0.4) is 0 Å². The molecule has 0 saturated carbocycles. The fourth-order valence-electron chi connectivity index (χ4n) is 1.87. The van der Waals surface area contributed by atoms with E-state index >= 15 is 0 Å². The van der Waals surface area contributed by atoms with E-state index in [1.807, 2.05) is 6.07 Å². The third-order valence-corrected chi connectivity index (χ3v) is 4.70. The molecule has 0 aliphatic rings. The van der Waals surface area contributed by atoms with Gasteiger partial charge in [0.05, 0.1) is 9.86 Å². The van der Waals surface area contributed by atoms with E-state index in [-0.39, 0.29) is 11.8 Å². The third kappa shape index (κ3) is 2.84. The predicted molar refractivity (Wildman–Crippen MR) is 85.4 cm³/mol. The summed E-state index contributed by atoms with van der Waals surface area (Å²) in [6.07, 6.45) is 0.893. The van der Waals surface area contributed by atoms with Crippen LogP contribution in [0.15, 0.2) is 28.7 Å². The molecule has 0 spiro atoms. The molecule has 0 saturated heterocycles. The Labute approximate surface area is 132 Å². The van der Waals surface area contributed by atoms with Crippen molar-refractivity contribution in [2.24, 2.45) is 0 Å². The van der Waals surface area contributed by atoms with Crippen LogP contribution < -0.4 is 10.5 Å². The minimum Gasteiger partial charge on any atom is -0.437 e. The first-order valence-corrected chi connectivity index (χ1v) is 7.86. The Morgan fingerprint density at radius 3 is 2.90 bits per heavy atom. The van der Waals surface area contributed by atoms with Gasteiger partial charge in [0, 0.05) is 10.9 Å². The molecular formula is C14H11BrFN3OS. The van der Waals surface area contributed by atoms with E-state index < -0.39 is 0 Å². The van der Waals surface area contributed by atoms with E-state index in [9.17, 15) is 4.39 Å². The first-order chi connectivity index (χ1) is 10.1. The molecule has 0 amide bonds. The van der Waals surface area contributed by atoms with Crippen LogP contribution in [0.1, 0.15) is 11.8 Å². The number of hydrogen-bond donors (Lipinski definition) is 1. The van der Waals surface area contributed by atoms with Gasteiger partial charge in [-0.25, -0.2) is 9.37 Å². The number of nitrogen functional groups attached to an aromatic ring is 1. The lowest BCUT2D eigenvalue weighted by molar-refractivity contribution is 0.461. The maximum Gasteiger partial charge on any atom is 0.232 e. The zero-order chi connectivity index (χ0) is 15.0. The first-order valence-electron chi connectivity index (χ1n) is 6.25. The Balaban J connectivity index is 2.11. The highest BCUT2D eigenvalue weighted by molar-refractivity contribution is 9.10. The highest BCUT2D eigenvalue weighted by Gasteiger charge is 2.14. The number of ether oxygens (including phenoxy) is 1. The number of halogens is 2. The second kappa shape index (κ2) is 5.57. The van der Waals surface area contributed by atoms with Crippen molar-refractivity contribution >= 4 is 43.4 Å². The van der Waals surface area contributed by atoms with Gasteiger partial charge in [-0.1, -0.05) is 6.92 Å². The minimum atomic E-state index is -0.383. The summed E-state index contributed by atoms with van der Waals surface area (Å²) in [4.78, 5) is 10.3. The standard InChI is InChI=1S/C14H11BrFN3OS/c1-2-8-6-9-12(18-14(17)19-13(9)21-8)20-11-5-7(16)3-4-10(11)15/h3-6H,2H2,1H3,(H2,17,18,19). The highest BCUT2D eigenvalue weighted by atomic mass is 79.9. The van der Waals surface area contributed by atoms with Crippen LogP contribution in [-0.4, -0.2) is 9.97 Å². The fraction of sp³-hybridized carbons (Fsp3) is 0.143. The van der Waals surface area contributed by atoms with Gasteiger partial charge in [0.1, 0.15) is 16.4 Å². The Morgan fingerprint density at radius 1 is 1.33 bits per heavy atom. The van der Waals surface area contributed by atoms with Crippen molar-refractivity contribution in [1.29, 1.82) is 0 Å². The number of thiophene rings is 1. The number of fused-ring (bicyclic) bond motifs is 1. The van der Waals surface area contributed by atoms with Crippen LogP contribution in [0.4, 0.5) is 10.3 Å². The number of nitrogens with zero attached hydrogens (tertiary/aromatic N) is 2. The lowest BCUT2D eigenvalue weighted by Gasteiger charge is -2.08. The molecule has 2 N–H and O–H groups in total. The summed E-state index contributed by atoms with van der Waals surface area (Å²) in [6, 6.07) is 6.20. The maximum atomic E-state index is 13.3. The van der Waals surface area contributed by atoms with E-state index in [0.29, 0.717) is 16.1 Å². The van der Waals surface area contributed by atoms with E-state index in [1.54, 1.807) is 17.4 Å². The summed E-state index contributed by atoms with van der Waals surface area (Å²) < 4.78 is 19.7. The molecule has 0 aliphatic carbocycles.